The fourth-order valence-corrected chi connectivity index (χ4v) is 12.9. The predicted molar refractivity (Wildman–Crippen MR) is 188 cm³/mol. The van der Waals surface area contributed by atoms with E-state index in [1.54, 1.807) is 0 Å². The molecule has 0 saturated carbocycles. The van der Waals surface area contributed by atoms with Crippen molar-refractivity contribution in [2.45, 2.75) is 63.3 Å². The molecule has 4 aromatic rings. The number of fused-ring (bicyclic) bond motifs is 3. The van der Waals surface area contributed by atoms with E-state index in [1.807, 2.05) is 0 Å². The molecular weight excluding hydrogens is 626 g/mol. The number of hydrogen-bond acceptors (Lipinski definition) is 8. The highest BCUT2D eigenvalue weighted by atomic mass is 35.5. The third kappa shape index (κ3) is 5.97. The molecule has 3 aliphatic heterocycles. The molecule has 246 valence electrons. The van der Waals surface area contributed by atoms with Gasteiger partial charge in [0.15, 0.2) is 0 Å². The van der Waals surface area contributed by atoms with E-state index in [2.05, 4.69) is 132 Å². The van der Waals surface area contributed by atoms with Crippen molar-refractivity contribution in [2.75, 3.05) is 44.4 Å². The zero-order chi connectivity index (χ0) is 32.7. The highest BCUT2D eigenvalue weighted by Crippen LogP contribution is 2.47. The first-order valence-electron chi connectivity index (χ1n) is 16.6. The fraction of sp³-hybridized carbons (Fsp3) is 0.432. The lowest BCUT2D eigenvalue weighted by molar-refractivity contribution is -0.000401. The molecule has 7 rings (SSSR count). The summed E-state index contributed by atoms with van der Waals surface area (Å²) < 4.78 is 20.3. The van der Waals surface area contributed by atoms with Gasteiger partial charge in [-0.1, -0.05) is 106 Å². The third-order valence-corrected chi connectivity index (χ3v) is 15.4. The second kappa shape index (κ2) is 12.6. The number of ether oxygens (including phenoxy) is 2. The van der Waals surface area contributed by atoms with Gasteiger partial charge in [0.25, 0.3) is 8.32 Å². The minimum atomic E-state index is -2.87. The van der Waals surface area contributed by atoms with E-state index in [0.717, 1.165) is 25.9 Å². The minimum Gasteiger partial charge on any atom is -0.461 e. The molecular formula is C37H44ClN5O3Si. The van der Waals surface area contributed by atoms with Gasteiger partial charge in [-0.05, 0) is 64.4 Å². The van der Waals surface area contributed by atoms with E-state index in [1.165, 1.54) is 21.5 Å². The van der Waals surface area contributed by atoms with Gasteiger partial charge in [-0.2, -0.15) is 15.0 Å². The Balaban J connectivity index is 1.19. The van der Waals surface area contributed by atoms with Gasteiger partial charge < -0.3 is 18.8 Å². The number of benzene rings is 3. The first-order valence-corrected chi connectivity index (χ1v) is 18.9. The van der Waals surface area contributed by atoms with Crippen LogP contribution in [0.4, 0.5) is 5.95 Å². The van der Waals surface area contributed by atoms with Crippen LogP contribution in [-0.4, -0.2) is 73.2 Å². The van der Waals surface area contributed by atoms with Crippen LogP contribution in [-0.2, 0) is 21.2 Å². The summed E-state index contributed by atoms with van der Waals surface area (Å²) in [5.74, 6) is 0.468. The molecule has 3 aliphatic rings. The Kier molecular flexibility index (Phi) is 8.63. The van der Waals surface area contributed by atoms with Crippen molar-refractivity contribution in [1.82, 2.24) is 19.9 Å². The summed E-state index contributed by atoms with van der Waals surface area (Å²) in [5.41, 5.74) is 1.86. The molecule has 4 heterocycles. The van der Waals surface area contributed by atoms with Crippen LogP contribution in [0.1, 0.15) is 51.7 Å². The third-order valence-electron chi connectivity index (χ3n) is 10.1. The van der Waals surface area contributed by atoms with Gasteiger partial charge in [0, 0.05) is 13.1 Å². The van der Waals surface area contributed by atoms with Crippen molar-refractivity contribution >= 4 is 36.2 Å². The summed E-state index contributed by atoms with van der Waals surface area (Å²) in [4.78, 5) is 18.5. The monoisotopic (exact) mass is 669 g/mol. The summed E-state index contributed by atoms with van der Waals surface area (Å²) in [6.07, 6.45) is 2.18. The summed E-state index contributed by atoms with van der Waals surface area (Å²) >= 11 is 6.56. The first-order chi connectivity index (χ1) is 22.6. The fourth-order valence-electron chi connectivity index (χ4n) is 7.98. The quantitative estimate of drug-likeness (QED) is 0.225. The zero-order valence-corrected chi connectivity index (χ0v) is 29.5. The van der Waals surface area contributed by atoms with Gasteiger partial charge in [0.1, 0.15) is 6.61 Å². The van der Waals surface area contributed by atoms with E-state index in [4.69, 9.17) is 30.5 Å². The summed E-state index contributed by atoms with van der Waals surface area (Å²) in [5, 5.41) is 2.38. The Bertz CT molecular complexity index is 1670. The van der Waals surface area contributed by atoms with Gasteiger partial charge in [0.2, 0.25) is 11.2 Å². The highest BCUT2D eigenvalue weighted by molar-refractivity contribution is 6.99. The normalized spacial score (nSPS) is 23.3. The first kappa shape index (κ1) is 32.2. The second-order valence-electron chi connectivity index (χ2n) is 14.4. The lowest BCUT2D eigenvalue weighted by atomic mass is 9.89. The van der Waals surface area contributed by atoms with Crippen molar-refractivity contribution in [2.24, 2.45) is 0 Å². The number of rotatable bonds is 8. The Morgan fingerprint density at radius 3 is 2.28 bits per heavy atom. The molecule has 0 aliphatic carbocycles. The highest BCUT2D eigenvalue weighted by Gasteiger charge is 2.54. The van der Waals surface area contributed by atoms with Crippen LogP contribution in [0.3, 0.4) is 0 Å². The number of hydrogen-bond donors (Lipinski definition) is 0. The smallest absolute Gasteiger partial charge is 0.322 e. The van der Waals surface area contributed by atoms with Gasteiger partial charge in [-0.3, -0.25) is 4.90 Å². The number of nitrogens with zero attached hydrogens (tertiary/aromatic N) is 5. The van der Waals surface area contributed by atoms with Crippen LogP contribution in [0.25, 0.3) is 0 Å². The molecule has 0 amide bonds. The van der Waals surface area contributed by atoms with Crippen molar-refractivity contribution in [3.05, 3.63) is 101 Å². The molecule has 1 aromatic heterocycles. The molecule has 47 heavy (non-hydrogen) atoms. The SMILES string of the molecule is CC1(O[Si](c2ccccc2)(c2ccccc2)C(C)(C)C)COCCN(c2nc(Cl)nc(OCC34CCCN3Cc3ccccc34)n2)C1. The van der Waals surface area contributed by atoms with E-state index in [0.29, 0.717) is 38.9 Å². The molecule has 2 fully saturated rings. The van der Waals surface area contributed by atoms with Gasteiger partial charge in [-0.25, -0.2) is 0 Å². The predicted octanol–water partition coefficient (Wildman–Crippen LogP) is 5.58. The number of halogens is 1. The second-order valence-corrected chi connectivity index (χ2v) is 18.9. The van der Waals surface area contributed by atoms with E-state index in [9.17, 15) is 0 Å². The molecule has 0 spiro atoms. The minimum absolute atomic E-state index is 0.109. The standard InChI is InChI=1S/C37H44ClN5O3Si/c1-35(2,3)47(29-15-7-5-8-16-29,30-17-9-6-10-18-30)46-36(4)25-42(22-23-44-26-36)33-39-32(38)40-34(41-33)45-27-37-20-13-21-43(37)24-28-14-11-12-19-31(28)37/h5-12,14-19H,13,20-27H2,1-4H3. The Morgan fingerprint density at radius 1 is 0.894 bits per heavy atom. The van der Waals surface area contributed by atoms with Crippen molar-refractivity contribution in [3.8, 4) is 6.01 Å². The number of anilines is 1. The van der Waals surface area contributed by atoms with Crippen molar-refractivity contribution in [3.63, 3.8) is 0 Å². The molecule has 10 heteroatoms. The summed E-state index contributed by atoms with van der Waals surface area (Å²) in [6, 6.07) is 30.3. The van der Waals surface area contributed by atoms with Crippen molar-refractivity contribution < 1.29 is 13.9 Å². The van der Waals surface area contributed by atoms with E-state index in [-0.39, 0.29) is 21.9 Å². The van der Waals surface area contributed by atoms with Crippen LogP contribution in [0.2, 0.25) is 10.3 Å². The molecule has 0 bridgehead atoms. The average molecular weight is 670 g/mol. The van der Waals surface area contributed by atoms with Crippen LogP contribution in [0, 0.1) is 0 Å². The Morgan fingerprint density at radius 2 is 1.57 bits per heavy atom. The van der Waals surface area contributed by atoms with Crippen LogP contribution in [0.5, 0.6) is 6.01 Å². The molecule has 8 nitrogen and oxygen atoms in total. The molecule has 0 N–H and O–H groups in total. The lowest BCUT2D eigenvalue weighted by Gasteiger charge is -2.48. The maximum Gasteiger partial charge on any atom is 0.322 e. The largest absolute Gasteiger partial charge is 0.461 e. The van der Waals surface area contributed by atoms with Crippen LogP contribution >= 0.6 is 11.6 Å². The molecule has 2 saturated heterocycles. The van der Waals surface area contributed by atoms with Gasteiger partial charge >= 0.3 is 6.01 Å². The average Bonchev–Trinajstić information content (AvgIpc) is 3.53. The van der Waals surface area contributed by atoms with E-state index < -0.39 is 13.9 Å². The summed E-state index contributed by atoms with van der Waals surface area (Å²) in [7, 11) is -2.87. The van der Waals surface area contributed by atoms with Crippen molar-refractivity contribution in [1.29, 1.82) is 0 Å². The van der Waals surface area contributed by atoms with Crippen LogP contribution in [0.15, 0.2) is 84.9 Å². The Hall–Kier alpha value is -3.34. The molecule has 0 radical (unpaired) electrons. The maximum absolute atomic E-state index is 7.62. The topological polar surface area (TPSA) is 72.8 Å². The zero-order valence-electron chi connectivity index (χ0n) is 27.8. The number of aromatic nitrogens is 3. The van der Waals surface area contributed by atoms with Gasteiger partial charge in [-0.15, -0.1) is 0 Å². The maximum atomic E-state index is 7.62. The molecule has 3 aromatic carbocycles. The lowest BCUT2D eigenvalue weighted by Crippen LogP contribution is -2.70. The van der Waals surface area contributed by atoms with Crippen LogP contribution < -0.4 is 20.0 Å². The summed E-state index contributed by atoms with van der Waals surface area (Å²) in [6.45, 7) is 13.5. The molecule has 2 unspecified atom stereocenters. The van der Waals surface area contributed by atoms with E-state index >= 15 is 0 Å². The Labute approximate surface area is 284 Å². The molecule has 2 atom stereocenters. The van der Waals surface area contributed by atoms with Gasteiger partial charge in [0.05, 0.1) is 30.9 Å².